The van der Waals surface area contributed by atoms with Crippen LogP contribution in [0.25, 0.3) is 0 Å². The Hall–Kier alpha value is -2.38. The molecule has 0 spiro atoms. The molecule has 2 aromatic rings. The summed E-state index contributed by atoms with van der Waals surface area (Å²) in [7, 11) is -3.51. The summed E-state index contributed by atoms with van der Waals surface area (Å²) in [6.45, 7) is 4.48. The zero-order chi connectivity index (χ0) is 17.6. The Morgan fingerprint density at radius 1 is 1.08 bits per heavy atom. The maximum absolute atomic E-state index is 12.0. The van der Waals surface area contributed by atoms with Crippen molar-refractivity contribution in [2.24, 2.45) is 10.7 Å². The van der Waals surface area contributed by atoms with E-state index in [1.165, 1.54) is 5.56 Å². The van der Waals surface area contributed by atoms with Crippen LogP contribution in [-0.2, 0) is 10.0 Å². The van der Waals surface area contributed by atoms with Gasteiger partial charge >= 0.3 is 0 Å². The number of nitrogens with one attached hydrogen (secondary N) is 2. The largest absolute Gasteiger partial charge is 0.370 e. The predicted molar refractivity (Wildman–Crippen MR) is 97.7 cm³/mol. The van der Waals surface area contributed by atoms with Crippen LogP contribution >= 0.6 is 0 Å². The third kappa shape index (κ3) is 5.07. The van der Waals surface area contributed by atoms with Crippen molar-refractivity contribution in [3.05, 3.63) is 59.7 Å². The number of aryl methyl sites for hydroxylation is 2. The number of hydrogen-bond acceptors (Lipinski definition) is 3. The van der Waals surface area contributed by atoms with Gasteiger partial charge in [0.25, 0.3) is 0 Å². The molecular weight excluding hydrogens is 324 g/mol. The van der Waals surface area contributed by atoms with Crippen molar-refractivity contribution in [1.29, 1.82) is 0 Å². The van der Waals surface area contributed by atoms with E-state index in [9.17, 15) is 8.42 Å². The summed E-state index contributed by atoms with van der Waals surface area (Å²) in [6, 6.07) is 14.1. The van der Waals surface area contributed by atoms with Gasteiger partial charge in [0.1, 0.15) is 0 Å². The van der Waals surface area contributed by atoms with Gasteiger partial charge in [-0.2, -0.15) is 0 Å². The van der Waals surface area contributed by atoms with Gasteiger partial charge in [-0.15, -0.1) is 0 Å². The van der Waals surface area contributed by atoms with Gasteiger partial charge in [0.2, 0.25) is 10.0 Å². The molecule has 6 nitrogen and oxygen atoms in total. The standard InChI is InChI=1S/C17H22N4O2S/c1-13-8-9-15(12-14(13)2)21-17(18)19-10-11-20-24(22,23)16-6-4-3-5-7-16/h3-9,12,20H,10-11H2,1-2H3,(H3,18,19,21). The number of sulfonamides is 1. The molecule has 0 bridgehead atoms. The average molecular weight is 346 g/mol. The molecule has 0 heterocycles. The van der Waals surface area contributed by atoms with Crippen LogP contribution in [0.4, 0.5) is 5.69 Å². The minimum atomic E-state index is -3.51. The van der Waals surface area contributed by atoms with E-state index in [4.69, 9.17) is 5.73 Å². The normalized spacial score (nSPS) is 12.2. The van der Waals surface area contributed by atoms with Crippen LogP contribution in [0.1, 0.15) is 11.1 Å². The molecule has 0 aliphatic rings. The number of anilines is 1. The topological polar surface area (TPSA) is 96.6 Å². The molecule has 0 aromatic heterocycles. The van der Waals surface area contributed by atoms with Crippen molar-refractivity contribution < 1.29 is 8.42 Å². The van der Waals surface area contributed by atoms with E-state index in [1.54, 1.807) is 30.3 Å². The van der Waals surface area contributed by atoms with Crippen LogP contribution in [0.15, 0.2) is 58.4 Å². The Morgan fingerprint density at radius 2 is 1.79 bits per heavy atom. The molecule has 128 valence electrons. The minimum Gasteiger partial charge on any atom is -0.370 e. The van der Waals surface area contributed by atoms with Gasteiger partial charge in [-0.3, -0.25) is 4.99 Å². The number of rotatable bonds is 6. The van der Waals surface area contributed by atoms with Crippen molar-refractivity contribution in [2.45, 2.75) is 18.7 Å². The fraction of sp³-hybridized carbons (Fsp3) is 0.235. The SMILES string of the molecule is Cc1ccc(NC(N)=NCCNS(=O)(=O)c2ccccc2)cc1C. The molecular formula is C17H22N4O2S. The molecule has 0 saturated carbocycles. The van der Waals surface area contributed by atoms with Crippen LogP contribution in [0.5, 0.6) is 0 Å². The molecule has 24 heavy (non-hydrogen) atoms. The first-order valence-electron chi connectivity index (χ1n) is 7.57. The molecule has 0 amide bonds. The Labute approximate surface area is 142 Å². The molecule has 0 fully saturated rings. The highest BCUT2D eigenvalue weighted by atomic mass is 32.2. The van der Waals surface area contributed by atoms with E-state index in [1.807, 2.05) is 32.0 Å². The highest BCUT2D eigenvalue weighted by molar-refractivity contribution is 7.89. The highest BCUT2D eigenvalue weighted by Gasteiger charge is 2.11. The number of benzene rings is 2. The van der Waals surface area contributed by atoms with Crippen LogP contribution in [0, 0.1) is 13.8 Å². The summed E-state index contributed by atoms with van der Waals surface area (Å²) in [5, 5.41) is 2.99. The lowest BCUT2D eigenvalue weighted by atomic mass is 10.1. The van der Waals surface area contributed by atoms with Crippen molar-refractivity contribution in [1.82, 2.24) is 4.72 Å². The molecule has 0 unspecified atom stereocenters. The predicted octanol–water partition coefficient (Wildman–Crippen LogP) is 2.01. The monoisotopic (exact) mass is 346 g/mol. The lowest BCUT2D eigenvalue weighted by Crippen LogP contribution is -2.28. The Kier molecular flexibility index (Phi) is 5.94. The second-order valence-corrected chi connectivity index (χ2v) is 7.17. The Balaban J connectivity index is 1.86. The maximum atomic E-state index is 12.0. The number of aliphatic imine (C=N–C) groups is 1. The summed E-state index contributed by atoms with van der Waals surface area (Å²) in [5.41, 5.74) is 9.02. The van der Waals surface area contributed by atoms with Gasteiger partial charge in [-0.1, -0.05) is 24.3 Å². The smallest absolute Gasteiger partial charge is 0.240 e. The second kappa shape index (κ2) is 7.94. The van der Waals surface area contributed by atoms with Gasteiger partial charge in [0, 0.05) is 12.2 Å². The fourth-order valence-electron chi connectivity index (χ4n) is 2.05. The van der Waals surface area contributed by atoms with E-state index in [0.29, 0.717) is 0 Å². The van der Waals surface area contributed by atoms with Crippen molar-refractivity contribution in [3.8, 4) is 0 Å². The van der Waals surface area contributed by atoms with Crippen LogP contribution in [-0.4, -0.2) is 27.5 Å². The molecule has 0 aliphatic heterocycles. The van der Waals surface area contributed by atoms with E-state index in [2.05, 4.69) is 15.0 Å². The summed E-state index contributed by atoms with van der Waals surface area (Å²) >= 11 is 0. The van der Waals surface area contributed by atoms with Crippen LogP contribution < -0.4 is 15.8 Å². The molecule has 4 N–H and O–H groups in total. The zero-order valence-electron chi connectivity index (χ0n) is 13.8. The molecule has 2 rings (SSSR count). The Morgan fingerprint density at radius 3 is 2.46 bits per heavy atom. The zero-order valence-corrected chi connectivity index (χ0v) is 14.6. The van der Waals surface area contributed by atoms with Crippen LogP contribution in [0.3, 0.4) is 0 Å². The number of hydrogen-bond donors (Lipinski definition) is 3. The molecule has 0 saturated heterocycles. The average Bonchev–Trinajstić information content (AvgIpc) is 2.56. The van der Waals surface area contributed by atoms with E-state index in [0.717, 1.165) is 11.3 Å². The molecule has 0 aliphatic carbocycles. The minimum absolute atomic E-state index is 0.173. The number of nitrogens with two attached hydrogens (primary N) is 1. The summed E-state index contributed by atoms with van der Waals surface area (Å²) in [4.78, 5) is 4.36. The van der Waals surface area contributed by atoms with Gasteiger partial charge < -0.3 is 11.1 Å². The van der Waals surface area contributed by atoms with Crippen molar-refractivity contribution in [3.63, 3.8) is 0 Å². The fourth-order valence-corrected chi connectivity index (χ4v) is 3.09. The van der Waals surface area contributed by atoms with E-state index >= 15 is 0 Å². The summed E-state index contributed by atoms with van der Waals surface area (Å²) in [6.07, 6.45) is 0. The lowest BCUT2D eigenvalue weighted by Gasteiger charge is -2.08. The third-order valence-corrected chi connectivity index (χ3v) is 5.00. The molecule has 2 aromatic carbocycles. The van der Waals surface area contributed by atoms with Crippen molar-refractivity contribution >= 4 is 21.7 Å². The van der Waals surface area contributed by atoms with E-state index < -0.39 is 10.0 Å². The van der Waals surface area contributed by atoms with E-state index in [-0.39, 0.29) is 23.9 Å². The lowest BCUT2D eigenvalue weighted by molar-refractivity contribution is 0.582. The van der Waals surface area contributed by atoms with Crippen LogP contribution in [0.2, 0.25) is 0 Å². The summed E-state index contributed by atoms with van der Waals surface area (Å²) < 4.78 is 26.6. The van der Waals surface area contributed by atoms with Crippen molar-refractivity contribution in [2.75, 3.05) is 18.4 Å². The molecule has 7 heteroatoms. The molecule has 0 atom stereocenters. The van der Waals surface area contributed by atoms with Gasteiger partial charge in [0.15, 0.2) is 5.96 Å². The summed E-state index contributed by atoms with van der Waals surface area (Å²) in [5.74, 6) is 0.247. The molecule has 0 radical (unpaired) electrons. The first-order valence-corrected chi connectivity index (χ1v) is 9.06. The number of nitrogens with zero attached hydrogens (tertiary/aromatic N) is 1. The van der Waals surface area contributed by atoms with Gasteiger partial charge in [-0.25, -0.2) is 13.1 Å². The third-order valence-electron chi connectivity index (χ3n) is 3.52. The Bertz CT molecular complexity index is 818. The second-order valence-electron chi connectivity index (χ2n) is 5.40. The maximum Gasteiger partial charge on any atom is 0.240 e. The first kappa shape index (κ1) is 18.0. The van der Waals surface area contributed by atoms with Gasteiger partial charge in [0.05, 0.1) is 11.4 Å². The number of guanidine groups is 1. The quantitative estimate of drug-likeness (QED) is 0.423. The van der Waals surface area contributed by atoms with Gasteiger partial charge in [-0.05, 0) is 49.2 Å². The first-order chi connectivity index (χ1) is 11.4. The highest BCUT2D eigenvalue weighted by Crippen LogP contribution is 2.13.